The van der Waals surface area contributed by atoms with Crippen LogP contribution in [0.25, 0.3) is 0 Å². The number of amides is 4. The van der Waals surface area contributed by atoms with E-state index in [1.807, 2.05) is 0 Å². The maximum Gasteiger partial charge on any atom is 0.329 e. The first-order valence-corrected chi connectivity index (χ1v) is 9.09. The fourth-order valence-corrected chi connectivity index (χ4v) is 2.95. The molecule has 0 aliphatic carbocycles. The first kappa shape index (κ1) is 20.7. The van der Waals surface area contributed by atoms with E-state index in [0.717, 1.165) is 4.90 Å². The molecule has 1 aliphatic rings. The Balaban J connectivity index is 1.62. The molecule has 0 fully saturated rings. The summed E-state index contributed by atoms with van der Waals surface area (Å²) in [5, 5.41) is 2.54. The molecule has 2 atom stereocenters. The average molecular weight is 409 g/mol. The average Bonchev–Trinajstić information content (AvgIpc) is 2.98. The van der Waals surface area contributed by atoms with Gasteiger partial charge in [0.2, 0.25) is 5.91 Å². The van der Waals surface area contributed by atoms with Crippen LogP contribution in [0, 0.1) is 0 Å². The van der Waals surface area contributed by atoms with E-state index in [1.54, 1.807) is 12.1 Å². The van der Waals surface area contributed by atoms with Crippen LogP contribution in [0.5, 0.6) is 0 Å². The van der Waals surface area contributed by atoms with Gasteiger partial charge in [-0.2, -0.15) is 0 Å². The molecule has 9 heteroatoms. The summed E-state index contributed by atoms with van der Waals surface area (Å²) in [6, 6.07) is 10.9. The smallest absolute Gasteiger partial charge is 0.329 e. The van der Waals surface area contributed by atoms with Gasteiger partial charge in [0, 0.05) is 11.3 Å². The van der Waals surface area contributed by atoms with Gasteiger partial charge in [-0.3, -0.25) is 24.1 Å². The van der Waals surface area contributed by atoms with E-state index in [2.05, 4.69) is 5.32 Å². The van der Waals surface area contributed by atoms with Crippen LogP contribution in [0.1, 0.15) is 44.9 Å². The van der Waals surface area contributed by atoms with Crippen molar-refractivity contribution in [2.75, 3.05) is 5.32 Å². The molecule has 3 rings (SSSR count). The Morgan fingerprint density at radius 2 is 1.47 bits per heavy atom. The van der Waals surface area contributed by atoms with E-state index in [0.29, 0.717) is 5.69 Å². The highest BCUT2D eigenvalue weighted by atomic mass is 16.5. The van der Waals surface area contributed by atoms with Crippen molar-refractivity contribution in [3.63, 3.8) is 0 Å². The van der Waals surface area contributed by atoms with Crippen LogP contribution in [-0.4, -0.2) is 46.6 Å². The maximum atomic E-state index is 12.5. The lowest BCUT2D eigenvalue weighted by Crippen LogP contribution is -2.45. The number of nitrogens with two attached hydrogens (primary N) is 1. The largest absolute Gasteiger partial charge is 0.451 e. The van der Waals surface area contributed by atoms with Crippen molar-refractivity contribution >= 4 is 35.3 Å². The number of hydrogen-bond acceptors (Lipinski definition) is 6. The summed E-state index contributed by atoms with van der Waals surface area (Å²) in [6.45, 7) is 2.72. The lowest BCUT2D eigenvalue weighted by Gasteiger charge is -2.22. The Morgan fingerprint density at radius 3 is 1.97 bits per heavy atom. The number of nitrogens with zero attached hydrogens (tertiary/aromatic N) is 1. The molecule has 0 aromatic heterocycles. The molecule has 0 unspecified atom stereocenters. The Morgan fingerprint density at radius 1 is 0.933 bits per heavy atom. The van der Waals surface area contributed by atoms with Crippen LogP contribution < -0.4 is 11.1 Å². The van der Waals surface area contributed by atoms with Crippen LogP contribution in [0.15, 0.2) is 48.5 Å². The van der Waals surface area contributed by atoms with E-state index in [-0.39, 0.29) is 16.7 Å². The van der Waals surface area contributed by atoms with Gasteiger partial charge in [0.15, 0.2) is 6.10 Å². The number of ether oxygens (including phenoxy) is 1. The van der Waals surface area contributed by atoms with Gasteiger partial charge in [0.25, 0.3) is 17.7 Å². The number of carbonyl (C=O) groups excluding carboxylic acids is 5. The van der Waals surface area contributed by atoms with E-state index < -0.39 is 41.7 Å². The molecule has 0 saturated carbocycles. The molecule has 154 valence electrons. The number of imide groups is 1. The van der Waals surface area contributed by atoms with Crippen molar-refractivity contribution in [2.45, 2.75) is 26.0 Å². The molecule has 2 aromatic rings. The Bertz CT molecular complexity index is 1010. The predicted octanol–water partition coefficient (Wildman–Crippen LogP) is 1.34. The molecule has 1 heterocycles. The zero-order valence-corrected chi connectivity index (χ0v) is 16.2. The third-order valence-corrected chi connectivity index (χ3v) is 4.65. The monoisotopic (exact) mass is 409 g/mol. The molecule has 3 N–H and O–H groups in total. The number of nitrogens with one attached hydrogen (secondary N) is 1. The number of hydrogen-bond donors (Lipinski definition) is 2. The molecule has 0 bridgehead atoms. The second-order valence-electron chi connectivity index (χ2n) is 6.71. The minimum atomic E-state index is -1.21. The van der Waals surface area contributed by atoms with Crippen molar-refractivity contribution in [1.82, 2.24) is 4.90 Å². The van der Waals surface area contributed by atoms with E-state index in [1.165, 1.54) is 50.2 Å². The van der Waals surface area contributed by atoms with Crippen LogP contribution in [0.2, 0.25) is 0 Å². The lowest BCUT2D eigenvalue weighted by atomic mass is 10.1. The van der Waals surface area contributed by atoms with Gasteiger partial charge >= 0.3 is 5.97 Å². The van der Waals surface area contributed by atoms with Crippen LogP contribution in [0.3, 0.4) is 0 Å². The molecule has 4 amide bonds. The second-order valence-corrected chi connectivity index (χ2v) is 6.71. The summed E-state index contributed by atoms with van der Waals surface area (Å²) in [7, 11) is 0. The standard InChI is InChI=1S/C21H19N3O6/c1-11(24-19(27)15-5-3-4-6-16(15)20(24)28)21(29)30-12(2)18(26)23-14-9-7-13(8-10-14)17(22)25/h3-12H,1-2H3,(H2,22,25)(H,23,26)/t11-,12+/m1/s1. The molecule has 30 heavy (non-hydrogen) atoms. The molecule has 0 radical (unpaired) electrons. The van der Waals surface area contributed by atoms with Gasteiger partial charge in [0.1, 0.15) is 6.04 Å². The number of rotatable bonds is 6. The Kier molecular flexibility index (Phi) is 5.63. The molecule has 1 aliphatic heterocycles. The third kappa shape index (κ3) is 3.90. The van der Waals surface area contributed by atoms with Crippen LogP contribution in [0.4, 0.5) is 5.69 Å². The minimum absolute atomic E-state index is 0.215. The summed E-state index contributed by atoms with van der Waals surface area (Å²) >= 11 is 0. The molecule has 0 spiro atoms. The van der Waals surface area contributed by atoms with Crippen LogP contribution >= 0.6 is 0 Å². The summed E-state index contributed by atoms with van der Waals surface area (Å²) < 4.78 is 5.14. The molecule has 2 aromatic carbocycles. The van der Waals surface area contributed by atoms with Gasteiger partial charge in [0.05, 0.1) is 11.1 Å². The van der Waals surface area contributed by atoms with Crippen molar-refractivity contribution in [2.24, 2.45) is 5.73 Å². The number of primary amides is 1. The summed E-state index contributed by atoms with van der Waals surface area (Å²) in [5.74, 6) is -3.29. The zero-order valence-electron chi connectivity index (χ0n) is 16.2. The number of carbonyl (C=O) groups is 5. The zero-order chi connectivity index (χ0) is 22.0. The van der Waals surface area contributed by atoms with Gasteiger partial charge in [-0.15, -0.1) is 0 Å². The highest BCUT2D eigenvalue weighted by Gasteiger charge is 2.41. The normalized spacial score (nSPS) is 14.7. The summed E-state index contributed by atoms with van der Waals surface area (Å²) in [5.41, 5.74) is 6.25. The predicted molar refractivity (Wildman–Crippen MR) is 106 cm³/mol. The fourth-order valence-electron chi connectivity index (χ4n) is 2.95. The number of fused-ring (bicyclic) bond motifs is 1. The van der Waals surface area contributed by atoms with Crippen LogP contribution in [-0.2, 0) is 14.3 Å². The van der Waals surface area contributed by atoms with Crippen molar-refractivity contribution < 1.29 is 28.7 Å². The first-order chi connectivity index (χ1) is 14.2. The fraction of sp³-hybridized carbons (Fsp3) is 0.190. The van der Waals surface area contributed by atoms with E-state index in [9.17, 15) is 24.0 Å². The number of esters is 1. The molecular formula is C21H19N3O6. The third-order valence-electron chi connectivity index (χ3n) is 4.65. The Labute approximate surface area is 171 Å². The maximum absolute atomic E-state index is 12.5. The first-order valence-electron chi connectivity index (χ1n) is 9.09. The lowest BCUT2D eigenvalue weighted by molar-refractivity contribution is -0.156. The topological polar surface area (TPSA) is 136 Å². The Hall–Kier alpha value is -4.01. The van der Waals surface area contributed by atoms with Crippen molar-refractivity contribution in [3.8, 4) is 0 Å². The highest BCUT2D eigenvalue weighted by Crippen LogP contribution is 2.25. The summed E-state index contributed by atoms with van der Waals surface area (Å²) in [6.07, 6.45) is -1.19. The number of anilines is 1. The van der Waals surface area contributed by atoms with Gasteiger partial charge < -0.3 is 15.8 Å². The molecular weight excluding hydrogens is 390 g/mol. The number of benzene rings is 2. The van der Waals surface area contributed by atoms with Crippen molar-refractivity contribution in [1.29, 1.82) is 0 Å². The van der Waals surface area contributed by atoms with E-state index in [4.69, 9.17) is 10.5 Å². The van der Waals surface area contributed by atoms with Gasteiger partial charge in [-0.25, -0.2) is 4.79 Å². The summed E-state index contributed by atoms with van der Waals surface area (Å²) in [4.78, 5) is 61.6. The van der Waals surface area contributed by atoms with Crippen molar-refractivity contribution in [3.05, 3.63) is 65.2 Å². The highest BCUT2D eigenvalue weighted by molar-refractivity contribution is 6.22. The minimum Gasteiger partial charge on any atom is -0.451 e. The SMILES string of the molecule is C[C@H](OC(=O)[C@@H](C)N1C(=O)c2ccccc2C1=O)C(=O)Nc1ccc(C(N)=O)cc1. The van der Waals surface area contributed by atoms with E-state index >= 15 is 0 Å². The molecule has 9 nitrogen and oxygen atoms in total. The second kappa shape index (κ2) is 8.16. The molecule has 0 saturated heterocycles. The quantitative estimate of drug-likeness (QED) is 0.546. The van der Waals surface area contributed by atoms with Gasteiger partial charge in [-0.05, 0) is 50.2 Å². The van der Waals surface area contributed by atoms with Gasteiger partial charge in [-0.1, -0.05) is 12.1 Å².